The zero-order chi connectivity index (χ0) is 20.2. The number of piperidine rings is 1. The lowest BCUT2D eigenvalue weighted by Gasteiger charge is -2.41. The average molecular weight is 410 g/mol. The summed E-state index contributed by atoms with van der Waals surface area (Å²) in [6.45, 7) is 1.40. The molecule has 3 atom stereocenters. The highest BCUT2D eigenvalue weighted by Crippen LogP contribution is 2.38. The smallest absolute Gasteiger partial charge is 0.315 e. The number of benzene rings is 2. The second-order valence-corrected chi connectivity index (χ2v) is 8.12. The molecule has 0 aromatic heterocycles. The first-order chi connectivity index (χ1) is 14.1. The maximum absolute atomic E-state index is 13.3. The molecule has 0 N–H and O–H groups in total. The number of carbonyl (C=O) groups is 2. The summed E-state index contributed by atoms with van der Waals surface area (Å²) in [6.07, 6.45) is 6.33. The number of hydrogen-bond acceptors (Lipinski definition) is 3. The zero-order valence-electron chi connectivity index (χ0n) is 16.2. The summed E-state index contributed by atoms with van der Waals surface area (Å²) in [5, 5.41) is 0.512. The number of allylic oxidation sites excluding steroid dienone is 2. The molecule has 2 unspecified atom stereocenters. The third-order valence-electron chi connectivity index (χ3n) is 5.83. The van der Waals surface area contributed by atoms with Crippen molar-refractivity contribution in [3.8, 4) is 5.75 Å². The molecule has 0 spiro atoms. The highest BCUT2D eigenvalue weighted by Gasteiger charge is 2.45. The number of amides is 1. The molecule has 0 bridgehead atoms. The molecule has 1 saturated heterocycles. The van der Waals surface area contributed by atoms with Crippen molar-refractivity contribution in [2.24, 2.45) is 17.8 Å². The molecule has 4 rings (SSSR count). The van der Waals surface area contributed by atoms with Crippen LogP contribution >= 0.6 is 11.6 Å². The highest BCUT2D eigenvalue weighted by molar-refractivity contribution is 6.30. The van der Waals surface area contributed by atoms with Gasteiger partial charge in [-0.1, -0.05) is 60.2 Å². The topological polar surface area (TPSA) is 46.6 Å². The molecule has 1 amide bonds. The van der Waals surface area contributed by atoms with E-state index in [1.807, 2.05) is 29.2 Å². The molecule has 0 radical (unpaired) electrons. The first-order valence-corrected chi connectivity index (χ1v) is 10.5. The molecule has 4 nitrogen and oxygen atoms in total. The van der Waals surface area contributed by atoms with E-state index >= 15 is 0 Å². The van der Waals surface area contributed by atoms with Crippen molar-refractivity contribution in [1.82, 2.24) is 4.90 Å². The summed E-state index contributed by atoms with van der Waals surface area (Å²) in [5.41, 5.74) is 1.21. The van der Waals surface area contributed by atoms with E-state index in [2.05, 4.69) is 18.2 Å². The minimum atomic E-state index is -0.462. The number of carbonyl (C=O) groups excluding carboxylic acids is 2. The largest absolute Gasteiger partial charge is 0.426 e. The first-order valence-electron chi connectivity index (χ1n) is 10.1. The van der Waals surface area contributed by atoms with Crippen LogP contribution in [0.4, 0.5) is 0 Å². The zero-order valence-corrected chi connectivity index (χ0v) is 16.9. The van der Waals surface area contributed by atoms with E-state index in [9.17, 15) is 9.59 Å². The third kappa shape index (κ3) is 4.54. The van der Waals surface area contributed by atoms with Gasteiger partial charge in [0.1, 0.15) is 5.75 Å². The average Bonchev–Trinajstić information content (AvgIpc) is 2.73. The predicted molar refractivity (Wildman–Crippen MR) is 113 cm³/mol. The molecule has 2 aliphatic rings. The highest BCUT2D eigenvalue weighted by atomic mass is 35.5. The van der Waals surface area contributed by atoms with E-state index in [1.54, 1.807) is 24.3 Å². The van der Waals surface area contributed by atoms with Crippen LogP contribution in [0, 0.1) is 17.8 Å². The van der Waals surface area contributed by atoms with Crippen molar-refractivity contribution in [1.29, 1.82) is 0 Å². The summed E-state index contributed by atoms with van der Waals surface area (Å²) in [5.74, 6) is -0.592. The van der Waals surface area contributed by atoms with Crippen molar-refractivity contribution < 1.29 is 14.3 Å². The molecular weight excluding hydrogens is 386 g/mol. The van der Waals surface area contributed by atoms with Gasteiger partial charge >= 0.3 is 5.97 Å². The van der Waals surface area contributed by atoms with Crippen LogP contribution in [-0.2, 0) is 16.0 Å². The van der Waals surface area contributed by atoms with E-state index < -0.39 is 5.92 Å². The van der Waals surface area contributed by atoms with Gasteiger partial charge in [0.2, 0.25) is 5.91 Å². The summed E-state index contributed by atoms with van der Waals surface area (Å²) < 4.78 is 5.57. The van der Waals surface area contributed by atoms with Crippen molar-refractivity contribution in [2.45, 2.75) is 19.3 Å². The number of rotatable bonds is 5. The Bertz CT molecular complexity index is 911. The number of fused-ring (bicyclic) bond motifs is 1. The van der Waals surface area contributed by atoms with Crippen LogP contribution in [-0.4, -0.2) is 29.9 Å². The Balaban J connectivity index is 1.46. The van der Waals surface area contributed by atoms with E-state index in [-0.39, 0.29) is 23.7 Å². The molecule has 5 heteroatoms. The summed E-state index contributed by atoms with van der Waals surface area (Å²) in [6, 6.07) is 17.0. The van der Waals surface area contributed by atoms with Gasteiger partial charge in [0.05, 0.1) is 11.8 Å². The Morgan fingerprint density at radius 1 is 1.14 bits per heavy atom. The Morgan fingerprint density at radius 2 is 1.97 bits per heavy atom. The van der Waals surface area contributed by atoms with Crippen molar-refractivity contribution in [3.05, 3.63) is 77.3 Å². The third-order valence-corrected chi connectivity index (χ3v) is 6.06. The summed E-state index contributed by atoms with van der Waals surface area (Å²) >= 11 is 5.99. The molecule has 2 aromatic carbocycles. The van der Waals surface area contributed by atoms with E-state index in [4.69, 9.17) is 16.3 Å². The van der Waals surface area contributed by atoms with Crippen LogP contribution in [0.3, 0.4) is 0 Å². The lowest BCUT2D eigenvalue weighted by molar-refractivity contribution is -0.153. The fourth-order valence-corrected chi connectivity index (χ4v) is 4.50. The van der Waals surface area contributed by atoms with E-state index in [0.29, 0.717) is 23.7 Å². The monoisotopic (exact) mass is 409 g/mol. The number of halogens is 1. The lowest BCUT2D eigenvalue weighted by Crippen LogP contribution is -2.51. The fraction of sp³-hybridized carbons (Fsp3) is 0.333. The minimum absolute atomic E-state index is 0.0644. The van der Waals surface area contributed by atoms with Crippen LogP contribution in [0.2, 0.25) is 5.02 Å². The van der Waals surface area contributed by atoms with Crippen LogP contribution in [0.15, 0.2) is 66.7 Å². The number of nitrogens with zero attached hydrogens (tertiary/aromatic N) is 1. The van der Waals surface area contributed by atoms with Crippen LogP contribution in [0.1, 0.15) is 18.4 Å². The Labute approximate surface area is 176 Å². The summed E-state index contributed by atoms with van der Waals surface area (Å²) in [4.78, 5) is 28.1. The van der Waals surface area contributed by atoms with Crippen LogP contribution < -0.4 is 4.74 Å². The second-order valence-electron chi connectivity index (χ2n) is 7.69. The number of ether oxygens (including phenoxy) is 1. The first kappa shape index (κ1) is 19.7. The molecule has 150 valence electrons. The Kier molecular flexibility index (Phi) is 6.00. The van der Waals surface area contributed by atoms with Gasteiger partial charge in [-0.3, -0.25) is 9.59 Å². The van der Waals surface area contributed by atoms with Gasteiger partial charge in [0.15, 0.2) is 0 Å². The molecule has 1 aliphatic heterocycles. The Hall–Kier alpha value is -2.59. The maximum atomic E-state index is 13.3. The van der Waals surface area contributed by atoms with Gasteiger partial charge < -0.3 is 9.64 Å². The second kappa shape index (κ2) is 8.83. The van der Waals surface area contributed by atoms with Crippen LogP contribution in [0.25, 0.3) is 0 Å². The number of hydrogen-bond donors (Lipinski definition) is 0. The standard InChI is InChI=1S/C24H24ClNO3/c25-19-9-5-10-20(16-19)29-24(28)21-11-4-8-18-13-15-26(23(27)22(18)21)14-12-17-6-2-1-3-7-17/h1-10,16,18,21-22H,11-15H2/t18?,21-,22?/m0/s1. The van der Waals surface area contributed by atoms with Gasteiger partial charge in [0, 0.05) is 18.1 Å². The molecule has 29 heavy (non-hydrogen) atoms. The fourth-order valence-electron chi connectivity index (χ4n) is 4.32. The van der Waals surface area contributed by atoms with E-state index in [1.165, 1.54) is 5.56 Å². The number of esters is 1. The van der Waals surface area contributed by atoms with Gasteiger partial charge in [-0.15, -0.1) is 0 Å². The quantitative estimate of drug-likeness (QED) is 0.414. The molecule has 1 aliphatic carbocycles. The molecule has 2 aromatic rings. The van der Waals surface area contributed by atoms with Crippen molar-refractivity contribution in [3.63, 3.8) is 0 Å². The van der Waals surface area contributed by atoms with Crippen LogP contribution in [0.5, 0.6) is 5.75 Å². The summed E-state index contributed by atoms with van der Waals surface area (Å²) in [7, 11) is 0. The molecular formula is C24H24ClNO3. The van der Waals surface area contributed by atoms with Gasteiger partial charge in [0.25, 0.3) is 0 Å². The minimum Gasteiger partial charge on any atom is -0.426 e. The SMILES string of the molecule is O=C(Oc1cccc(Cl)c1)[C@H]1CC=CC2CCN(CCc3ccccc3)C(=O)C21. The molecule has 1 heterocycles. The van der Waals surface area contributed by atoms with Gasteiger partial charge in [-0.25, -0.2) is 0 Å². The maximum Gasteiger partial charge on any atom is 0.315 e. The van der Waals surface area contributed by atoms with Crippen molar-refractivity contribution >= 4 is 23.5 Å². The van der Waals surface area contributed by atoms with Gasteiger partial charge in [-0.2, -0.15) is 0 Å². The van der Waals surface area contributed by atoms with Crippen molar-refractivity contribution in [2.75, 3.05) is 13.1 Å². The van der Waals surface area contributed by atoms with E-state index in [0.717, 1.165) is 19.4 Å². The normalized spacial score (nSPS) is 23.6. The number of likely N-dealkylation sites (tertiary alicyclic amines) is 1. The Morgan fingerprint density at radius 3 is 2.76 bits per heavy atom. The lowest BCUT2D eigenvalue weighted by atomic mass is 9.71. The predicted octanol–water partition coefficient (Wildman–Crippen LogP) is 4.53. The van der Waals surface area contributed by atoms with Gasteiger partial charge in [-0.05, 0) is 48.9 Å². The molecule has 0 saturated carbocycles. The molecule has 1 fully saturated rings.